The number of aryl methyl sites for hydroxylation is 1. The zero-order chi connectivity index (χ0) is 18.3. The van der Waals surface area contributed by atoms with Crippen LogP contribution < -0.4 is 0 Å². The molecule has 5 nitrogen and oxygen atoms in total. The molecule has 0 spiro atoms. The van der Waals surface area contributed by atoms with Crippen LogP contribution in [0.1, 0.15) is 27.6 Å². The smallest absolute Gasteiger partial charge is 0.257 e. The molecule has 1 saturated heterocycles. The van der Waals surface area contributed by atoms with Gasteiger partial charge in [-0.25, -0.2) is 4.52 Å². The summed E-state index contributed by atoms with van der Waals surface area (Å²) in [6.07, 6.45) is 3.30. The number of fused-ring (bicyclic) bond motifs is 1. The minimum Gasteiger partial charge on any atom is -0.370 e. The van der Waals surface area contributed by atoms with Gasteiger partial charge in [-0.1, -0.05) is 35.3 Å². The number of carbonyl (C=O) groups is 1. The van der Waals surface area contributed by atoms with Crippen LogP contribution in [0.4, 0.5) is 0 Å². The lowest BCUT2D eigenvalue weighted by atomic mass is 10.1. The molecule has 1 aliphatic rings. The summed E-state index contributed by atoms with van der Waals surface area (Å²) in [6.45, 7) is 3.46. The van der Waals surface area contributed by atoms with Crippen molar-refractivity contribution in [3.05, 3.63) is 69.5 Å². The van der Waals surface area contributed by atoms with E-state index in [1.165, 1.54) is 0 Å². The van der Waals surface area contributed by atoms with Crippen LogP contribution >= 0.6 is 23.2 Å². The van der Waals surface area contributed by atoms with E-state index in [9.17, 15) is 4.79 Å². The van der Waals surface area contributed by atoms with Gasteiger partial charge in [0.1, 0.15) is 6.10 Å². The molecule has 0 N–H and O–H groups in total. The average molecular weight is 390 g/mol. The van der Waals surface area contributed by atoms with E-state index in [1.54, 1.807) is 27.7 Å². The average Bonchev–Trinajstić information content (AvgIpc) is 3.06. The largest absolute Gasteiger partial charge is 0.370 e. The summed E-state index contributed by atoms with van der Waals surface area (Å²) in [5.74, 6) is -0.0442. The summed E-state index contributed by atoms with van der Waals surface area (Å²) in [5.41, 5.74) is 3.40. The second kappa shape index (κ2) is 6.91. The third-order valence-corrected chi connectivity index (χ3v) is 5.30. The van der Waals surface area contributed by atoms with Gasteiger partial charge in [0, 0.05) is 12.7 Å². The van der Waals surface area contributed by atoms with Crippen molar-refractivity contribution >= 4 is 34.6 Å². The molecular weight excluding hydrogens is 373 g/mol. The van der Waals surface area contributed by atoms with E-state index in [2.05, 4.69) is 5.10 Å². The third-order valence-electron chi connectivity index (χ3n) is 4.56. The molecule has 1 fully saturated rings. The molecule has 1 unspecified atom stereocenters. The molecule has 0 radical (unpaired) electrons. The number of pyridine rings is 1. The Labute approximate surface area is 161 Å². The Bertz CT molecular complexity index is 986. The monoisotopic (exact) mass is 389 g/mol. The van der Waals surface area contributed by atoms with Crippen molar-refractivity contribution in [2.24, 2.45) is 0 Å². The standard InChI is InChI=1S/C19H17Cl2N3O2/c1-12-2-5-17-14(9-22-24(17)10-12)19(25)23-6-7-26-18(11-23)13-3-4-15(20)16(21)8-13/h2-5,8-10,18H,6-7,11H2,1H3. The van der Waals surface area contributed by atoms with Crippen molar-refractivity contribution in [2.75, 3.05) is 19.7 Å². The van der Waals surface area contributed by atoms with Crippen LogP contribution in [-0.2, 0) is 4.74 Å². The minimum atomic E-state index is -0.230. The quantitative estimate of drug-likeness (QED) is 0.660. The van der Waals surface area contributed by atoms with Crippen LogP contribution in [0.2, 0.25) is 10.0 Å². The first kappa shape index (κ1) is 17.3. The number of hydrogen-bond donors (Lipinski definition) is 0. The van der Waals surface area contributed by atoms with Gasteiger partial charge in [-0.15, -0.1) is 0 Å². The molecule has 3 heterocycles. The van der Waals surface area contributed by atoms with Crippen molar-refractivity contribution in [1.82, 2.24) is 14.5 Å². The van der Waals surface area contributed by atoms with Gasteiger partial charge in [0.15, 0.2) is 0 Å². The fourth-order valence-corrected chi connectivity index (χ4v) is 3.48. The SMILES string of the molecule is Cc1ccc2c(C(=O)N3CCOC(c4ccc(Cl)c(Cl)c4)C3)cnn2c1. The fraction of sp³-hybridized carbons (Fsp3) is 0.263. The highest BCUT2D eigenvalue weighted by atomic mass is 35.5. The number of benzene rings is 1. The van der Waals surface area contributed by atoms with E-state index in [0.717, 1.165) is 16.6 Å². The predicted molar refractivity (Wildman–Crippen MR) is 101 cm³/mol. The molecule has 1 aliphatic heterocycles. The number of halogens is 2. The Balaban J connectivity index is 1.58. The minimum absolute atomic E-state index is 0.0442. The van der Waals surface area contributed by atoms with Crippen LogP contribution in [0, 0.1) is 6.92 Å². The second-order valence-corrected chi connectivity index (χ2v) is 7.19. The molecule has 1 amide bonds. The Morgan fingerprint density at radius 3 is 2.88 bits per heavy atom. The second-order valence-electron chi connectivity index (χ2n) is 6.38. The molecule has 7 heteroatoms. The van der Waals surface area contributed by atoms with Gasteiger partial charge in [-0.2, -0.15) is 5.10 Å². The Hall–Kier alpha value is -2.08. The Morgan fingerprint density at radius 2 is 2.08 bits per heavy atom. The first-order valence-corrected chi connectivity index (χ1v) is 9.08. The molecule has 1 aromatic carbocycles. The summed E-state index contributed by atoms with van der Waals surface area (Å²) in [7, 11) is 0. The van der Waals surface area contributed by atoms with Crippen molar-refractivity contribution in [3.8, 4) is 0 Å². The van der Waals surface area contributed by atoms with Gasteiger partial charge in [0.05, 0.1) is 40.5 Å². The summed E-state index contributed by atoms with van der Waals surface area (Å²) >= 11 is 12.1. The van der Waals surface area contributed by atoms with Crippen LogP contribution in [0.25, 0.3) is 5.52 Å². The molecule has 0 saturated carbocycles. The highest BCUT2D eigenvalue weighted by Gasteiger charge is 2.28. The lowest BCUT2D eigenvalue weighted by Crippen LogP contribution is -2.42. The van der Waals surface area contributed by atoms with Gasteiger partial charge >= 0.3 is 0 Å². The van der Waals surface area contributed by atoms with Crippen LogP contribution in [-0.4, -0.2) is 40.1 Å². The number of hydrogen-bond acceptors (Lipinski definition) is 3. The maximum absolute atomic E-state index is 13.0. The van der Waals surface area contributed by atoms with Crippen LogP contribution in [0.15, 0.2) is 42.7 Å². The maximum Gasteiger partial charge on any atom is 0.257 e. The number of morpholine rings is 1. The van der Waals surface area contributed by atoms with Gasteiger partial charge in [-0.05, 0) is 36.2 Å². The molecule has 0 aliphatic carbocycles. The van der Waals surface area contributed by atoms with Crippen molar-refractivity contribution < 1.29 is 9.53 Å². The van der Waals surface area contributed by atoms with Gasteiger partial charge in [-0.3, -0.25) is 4.79 Å². The van der Waals surface area contributed by atoms with Gasteiger partial charge < -0.3 is 9.64 Å². The predicted octanol–water partition coefficient (Wildman–Crippen LogP) is 4.16. The van der Waals surface area contributed by atoms with Crippen molar-refractivity contribution in [1.29, 1.82) is 0 Å². The van der Waals surface area contributed by atoms with E-state index < -0.39 is 0 Å². The number of nitrogens with zero attached hydrogens (tertiary/aromatic N) is 3. The summed E-state index contributed by atoms with van der Waals surface area (Å²) in [4.78, 5) is 14.8. The molecule has 134 valence electrons. The normalized spacial score (nSPS) is 17.7. The van der Waals surface area contributed by atoms with E-state index in [1.807, 2.05) is 31.3 Å². The highest BCUT2D eigenvalue weighted by molar-refractivity contribution is 6.42. The third kappa shape index (κ3) is 3.18. The highest BCUT2D eigenvalue weighted by Crippen LogP contribution is 2.29. The summed E-state index contributed by atoms with van der Waals surface area (Å²) < 4.78 is 7.58. The number of carbonyl (C=O) groups excluding carboxylic acids is 1. The summed E-state index contributed by atoms with van der Waals surface area (Å²) in [5, 5.41) is 5.28. The lowest BCUT2D eigenvalue weighted by Gasteiger charge is -2.33. The number of amides is 1. The molecule has 4 rings (SSSR count). The van der Waals surface area contributed by atoms with Crippen LogP contribution in [0.5, 0.6) is 0 Å². The molecule has 1 atom stereocenters. The first-order valence-electron chi connectivity index (χ1n) is 8.33. The van der Waals surface area contributed by atoms with E-state index in [-0.39, 0.29) is 12.0 Å². The first-order chi connectivity index (χ1) is 12.5. The maximum atomic E-state index is 13.0. The number of aromatic nitrogens is 2. The van der Waals surface area contributed by atoms with Crippen molar-refractivity contribution in [3.63, 3.8) is 0 Å². The van der Waals surface area contributed by atoms with E-state index in [0.29, 0.717) is 35.3 Å². The molecule has 2 aromatic heterocycles. The lowest BCUT2D eigenvalue weighted by molar-refractivity contribution is -0.0227. The van der Waals surface area contributed by atoms with Crippen LogP contribution in [0.3, 0.4) is 0 Å². The molecule has 0 bridgehead atoms. The summed E-state index contributed by atoms with van der Waals surface area (Å²) in [6, 6.07) is 9.32. The van der Waals surface area contributed by atoms with Gasteiger partial charge in [0.25, 0.3) is 5.91 Å². The molecular formula is C19H17Cl2N3O2. The Morgan fingerprint density at radius 1 is 1.23 bits per heavy atom. The van der Waals surface area contributed by atoms with Gasteiger partial charge in [0.2, 0.25) is 0 Å². The zero-order valence-electron chi connectivity index (χ0n) is 14.2. The fourth-order valence-electron chi connectivity index (χ4n) is 3.17. The van der Waals surface area contributed by atoms with E-state index >= 15 is 0 Å². The molecule has 3 aromatic rings. The molecule has 26 heavy (non-hydrogen) atoms. The topological polar surface area (TPSA) is 46.8 Å². The zero-order valence-corrected chi connectivity index (χ0v) is 15.7. The van der Waals surface area contributed by atoms with Crippen molar-refractivity contribution in [2.45, 2.75) is 13.0 Å². The number of rotatable bonds is 2. The Kier molecular flexibility index (Phi) is 4.61. The number of ether oxygens (including phenoxy) is 1. The van der Waals surface area contributed by atoms with E-state index in [4.69, 9.17) is 27.9 Å².